The zero-order valence-corrected chi connectivity index (χ0v) is 31.6. The van der Waals surface area contributed by atoms with E-state index in [-0.39, 0.29) is 53.8 Å². The Balaban J connectivity index is 0.752. The molecule has 3 aliphatic carbocycles. The molecular formula is C38H57N5O9S. The molecule has 15 heteroatoms. The number of ether oxygens (including phenoxy) is 3. The van der Waals surface area contributed by atoms with Gasteiger partial charge in [-0.15, -0.1) is 0 Å². The molecule has 1 aromatic rings. The van der Waals surface area contributed by atoms with E-state index in [2.05, 4.69) is 33.3 Å². The Morgan fingerprint density at radius 2 is 1.72 bits per heavy atom. The van der Waals surface area contributed by atoms with Crippen molar-refractivity contribution in [2.45, 2.75) is 94.1 Å². The minimum absolute atomic E-state index is 0.0243. The maximum atomic E-state index is 12.4. The first-order chi connectivity index (χ1) is 25.7. The Bertz CT molecular complexity index is 1450. The van der Waals surface area contributed by atoms with Crippen LogP contribution in [0, 0.1) is 17.3 Å². The number of benzene rings is 1. The average Bonchev–Trinajstić information content (AvgIpc) is 3.80. The zero-order valence-electron chi connectivity index (χ0n) is 30.8. The van der Waals surface area contributed by atoms with Crippen LogP contribution in [0.4, 0.5) is 4.79 Å². The molecule has 294 valence electrons. The number of phenols is 1. The van der Waals surface area contributed by atoms with Gasteiger partial charge in [-0.25, -0.2) is 4.79 Å². The van der Waals surface area contributed by atoms with Crippen LogP contribution in [0.15, 0.2) is 23.4 Å². The van der Waals surface area contributed by atoms with E-state index in [1.807, 2.05) is 17.8 Å². The molecule has 14 nitrogen and oxygen atoms in total. The number of urea groups is 1. The van der Waals surface area contributed by atoms with Gasteiger partial charge in [0.15, 0.2) is 6.61 Å². The lowest BCUT2D eigenvalue weighted by Gasteiger charge is -2.50. The molecule has 0 unspecified atom stereocenters. The van der Waals surface area contributed by atoms with Crippen LogP contribution < -0.4 is 21.3 Å². The lowest BCUT2D eigenvalue weighted by Crippen LogP contribution is -2.45. The van der Waals surface area contributed by atoms with Crippen LogP contribution in [0.5, 0.6) is 5.75 Å². The molecule has 8 atom stereocenters. The summed E-state index contributed by atoms with van der Waals surface area (Å²) in [5.41, 5.74) is 2.71. The Morgan fingerprint density at radius 3 is 2.49 bits per heavy atom. The summed E-state index contributed by atoms with van der Waals surface area (Å²) in [6.45, 7) is 5.15. The van der Waals surface area contributed by atoms with Crippen molar-refractivity contribution in [3.05, 3.63) is 29.3 Å². The van der Waals surface area contributed by atoms with Crippen LogP contribution in [-0.2, 0) is 28.6 Å². The first kappa shape index (κ1) is 39.6. The predicted molar refractivity (Wildman–Crippen MR) is 200 cm³/mol. The summed E-state index contributed by atoms with van der Waals surface area (Å²) < 4.78 is 16.6. The van der Waals surface area contributed by atoms with Gasteiger partial charge in [0.1, 0.15) is 5.75 Å². The Labute approximate surface area is 316 Å². The minimum Gasteiger partial charge on any atom is -0.508 e. The SMILES string of the molecule is C[C@]12CC[C@@H]3c4ccc(O)cc4/C(=N\OCC(=O)NCCOCCOCCOCCNC(=O)CCCC[C@@H]4SC[C@@H]5NC(=O)N[C@@H]54)C[C@H]3[C@@H]1CC[C@H]2O. The summed E-state index contributed by atoms with van der Waals surface area (Å²) in [7, 11) is 0. The molecule has 0 bridgehead atoms. The Morgan fingerprint density at radius 1 is 0.981 bits per heavy atom. The highest BCUT2D eigenvalue weighted by molar-refractivity contribution is 8.00. The van der Waals surface area contributed by atoms with Crippen LogP contribution in [0.2, 0.25) is 0 Å². The predicted octanol–water partition coefficient (Wildman–Crippen LogP) is 2.80. The smallest absolute Gasteiger partial charge is 0.315 e. The third kappa shape index (κ3) is 10.2. The van der Waals surface area contributed by atoms with Crippen LogP contribution >= 0.6 is 11.8 Å². The molecule has 6 N–H and O–H groups in total. The summed E-state index contributed by atoms with van der Waals surface area (Å²) in [4.78, 5) is 41.5. The van der Waals surface area contributed by atoms with E-state index in [1.165, 1.54) is 5.56 Å². The van der Waals surface area contributed by atoms with E-state index >= 15 is 0 Å². The van der Waals surface area contributed by atoms with Gasteiger partial charge in [0.05, 0.1) is 63.5 Å². The number of aliphatic hydroxyl groups is 1. The van der Waals surface area contributed by atoms with Gasteiger partial charge in [-0.05, 0) is 85.8 Å². The highest BCUT2D eigenvalue weighted by Crippen LogP contribution is 2.61. The third-order valence-corrected chi connectivity index (χ3v) is 13.4. The molecule has 5 aliphatic rings. The van der Waals surface area contributed by atoms with E-state index in [9.17, 15) is 24.6 Å². The van der Waals surface area contributed by atoms with Gasteiger partial charge in [-0.2, -0.15) is 11.8 Å². The minimum atomic E-state index is -0.299. The molecule has 0 radical (unpaired) electrons. The Hall–Kier alpha value is -3.11. The highest BCUT2D eigenvalue weighted by Gasteiger charge is 2.55. The van der Waals surface area contributed by atoms with Crippen molar-refractivity contribution < 1.29 is 43.6 Å². The van der Waals surface area contributed by atoms with Gasteiger partial charge in [0.2, 0.25) is 5.91 Å². The maximum Gasteiger partial charge on any atom is 0.315 e. The van der Waals surface area contributed by atoms with E-state index in [0.29, 0.717) is 88.6 Å². The summed E-state index contributed by atoms with van der Waals surface area (Å²) in [5, 5.41) is 37.4. The number of aromatic hydroxyl groups is 1. The molecule has 4 fully saturated rings. The molecular weight excluding hydrogens is 703 g/mol. The van der Waals surface area contributed by atoms with Crippen molar-refractivity contribution in [1.29, 1.82) is 0 Å². The first-order valence-corrected chi connectivity index (χ1v) is 20.4. The van der Waals surface area contributed by atoms with Gasteiger partial charge in [-0.1, -0.05) is 24.6 Å². The number of carbonyl (C=O) groups is 3. The van der Waals surface area contributed by atoms with Crippen LogP contribution in [0.25, 0.3) is 0 Å². The topological polar surface area (TPSA) is 189 Å². The first-order valence-electron chi connectivity index (χ1n) is 19.4. The molecule has 2 heterocycles. The van der Waals surface area contributed by atoms with Gasteiger partial charge in [0.25, 0.3) is 5.91 Å². The number of nitrogens with one attached hydrogen (secondary N) is 4. The van der Waals surface area contributed by atoms with Crippen LogP contribution in [0.3, 0.4) is 0 Å². The van der Waals surface area contributed by atoms with Crippen molar-refractivity contribution >= 4 is 35.3 Å². The number of hydrogen-bond acceptors (Lipinski definition) is 11. The molecule has 4 amide bonds. The number of unbranched alkanes of at least 4 members (excludes halogenated alkanes) is 1. The highest BCUT2D eigenvalue weighted by atomic mass is 32.2. The number of oxime groups is 1. The summed E-state index contributed by atoms with van der Waals surface area (Å²) >= 11 is 1.89. The normalized spacial score (nSPS) is 30.5. The van der Waals surface area contributed by atoms with Gasteiger partial charge < -0.3 is 50.5 Å². The van der Waals surface area contributed by atoms with Crippen LogP contribution in [-0.4, -0.2) is 122 Å². The number of carbonyl (C=O) groups excluding carboxylic acids is 3. The summed E-state index contributed by atoms with van der Waals surface area (Å²) in [6, 6.07) is 5.84. The molecule has 53 heavy (non-hydrogen) atoms. The number of rotatable bonds is 20. The number of amides is 4. The fraction of sp³-hybridized carbons (Fsp3) is 0.737. The molecule has 6 rings (SSSR count). The number of nitrogens with zero attached hydrogens (tertiary/aromatic N) is 1. The lowest BCUT2D eigenvalue weighted by molar-refractivity contribution is -0.126. The van der Waals surface area contributed by atoms with Gasteiger partial charge in [0, 0.05) is 36.1 Å². The third-order valence-electron chi connectivity index (χ3n) is 11.9. The second kappa shape index (κ2) is 19.0. The monoisotopic (exact) mass is 759 g/mol. The fourth-order valence-corrected chi connectivity index (χ4v) is 10.7. The van der Waals surface area contributed by atoms with Crippen molar-refractivity contribution in [3.8, 4) is 5.75 Å². The zero-order chi connectivity index (χ0) is 37.2. The quantitative estimate of drug-likeness (QED) is 0.0656. The fourth-order valence-electron chi connectivity index (χ4n) is 9.12. The molecule has 2 saturated carbocycles. The molecule has 0 spiro atoms. The number of phenolic OH excluding ortho intramolecular Hbond substituents is 1. The van der Waals surface area contributed by atoms with E-state index in [1.54, 1.807) is 12.1 Å². The van der Waals surface area contributed by atoms with E-state index < -0.39 is 0 Å². The van der Waals surface area contributed by atoms with Gasteiger partial charge in [-0.3, -0.25) is 9.59 Å². The largest absolute Gasteiger partial charge is 0.508 e. The standard InChI is InChI=1S/C38H57N5O9S/c1-38-11-10-26-25-7-6-24(44)20-28(25)30(21-27(26)29(38)8-9-33(38)45)43-52-22-35(47)40-13-15-50-17-19-51-18-16-49-14-12-39-34(46)5-3-2-4-32-36-31(23-53-32)41-37(48)42-36/h6-7,20,26-27,29,31-33,36,44-45H,2-5,8-19,21-23H2,1H3,(H,39,46)(H,40,47)(H2,41,42,48)/b43-30-/t26-,27-,29+,31+,32+,33-,36+,38+/m1/s1. The van der Waals surface area contributed by atoms with Gasteiger partial charge >= 0.3 is 6.03 Å². The van der Waals surface area contributed by atoms with E-state index in [0.717, 1.165) is 62.0 Å². The van der Waals surface area contributed by atoms with Crippen LogP contribution in [0.1, 0.15) is 81.8 Å². The van der Waals surface area contributed by atoms with E-state index in [4.69, 9.17) is 19.0 Å². The molecule has 0 aromatic heterocycles. The maximum absolute atomic E-state index is 12.4. The molecule has 2 aliphatic heterocycles. The van der Waals surface area contributed by atoms with Crippen molar-refractivity contribution in [2.75, 3.05) is 65.1 Å². The summed E-state index contributed by atoms with van der Waals surface area (Å²) in [5.74, 6) is 1.95. The van der Waals surface area contributed by atoms with Crippen molar-refractivity contribution in [2.24, 2.45) is 22.4 Å². The Kier molecular flexibility index (Phi) is 14.2. The van der Waals surface area contributed by atoms with Crippen molar-refractivity contribution in [3.63, 3.8) is 0 Å². The second-order valence-electron chi connectivity index (χ2n) is 15.2. The second-order valence-corrected chi connectivity index (χ2v) is 16.5. The molecule has 1 aromatic carbocycles. The van der Waals surface area contributed by atoms with Crippen molar-refractivity contribution in [1.82, 2.24) is 21.3 Å². The lowest BCUT2D eigenvalue weighted by atomic mass is 9.55. The number of fused-ring (bicyclic) bond motifs is 6. The number of thioether (sulfide) groups is 1. The number of aliphatic hydroxyl groups excluding tert-OH is 1. The average molecular weight is 760 g/mol. The molecule has 2 saturated heterocycles. The number of hydrogen-bond donors (Lipinski definition) is 6. The summed E-state index contributed by atoms with van der Waals surface area (Å²) in [6.07, 6.45) is 7.52.